The van der Waals surface area contributed by atoms with Gasteiger partial charge in [-0.05, 0) is 51.0 Å². The van der Waals surface area contributed by atoms with Crippen LogP contribution in [-0.4, -0.2) is 62.0 Å². The average Bonchev–Trinajstić information content (AvgIpc) is 2.82. The highest BCUT2D eigenvalue weighted by atomic mass is 35.5. The van der Waals surface area contributed by atoms with Crippen molar-refractivity contribution in [2.45, 2.75) is 39.2 Å². The number of amides is 3. The van der Waals surface area contributed by atoms with Gasteiger partial charge in [-0.2, -0.15) is 0 Å². The zero-order valence-electron chi connectivity index (χ0n) is 20.4. The highest BCUT2D eigenvalue weighted by Crippen LogP contribution is 2.24. The number of ether oxygens (including phenoxy) is 2. The summed E-state index contributed by atoms with van der Waals surface area (Å²) in [7, 11) is 1.57. The van der Waals surface area contributed by atoms with Crippen LogP contribution in [0.2, 0.25) is 5.02 Å². The van der Waals surface area contributed by atoms with Crippen LogP contribution in [0, 0.1) is 6.92 Å². The number of carbonyl (C=O) groups is 3. The van der Waals surface area contributed by atoms with E-state index in [0.29, 0.717) is 48.0 Å². The number of halogens is 1. The number of methoxy groups -OCH3 is 1. The van der Waals surface area contributed by atoms with Gasteiger partial charge in [0.05, 0.1) is 31.7 Å². The SMILES string of the molecule is COc1ccc(C)cc1CC(=O)N1CCCCNC(=O)c2cc(Cl)ccc2OC[C@H](C)NC(=O)C1. The third-order valence-electron chi connectivity index (χ3n) is 5.69. The lowest BCUT2D eigenvalue weighted by Crippen LogP contribution is -2.45. The Morgan fingerprint density at radius 1 is 1.20 bits per heavy atom. The summed E-state index contributed by atoms with van der Waals surface area (Å²) in [6, 6.07) is 10.2. The van der Waals surface area contributed by atoms with Gasteiger partial charge in [0.25, 0.3) is 5.91 Å². The Hall–Kier alpha value is -3.26. The number of aryl methyl sites for hydroxylation is 1. The van der Waals surface area contributed by atoms with Crippen LogP contribution in [0.4, 0.5) is 0 Å². The van der Waals surface area contributed by atoms with Gasteiger partial charge in [0.2, 0.25) is 11.8 Å². The summed E-state index contributed by atoms with van der Waals surface area (Å²) < 4.78 is 11.2. The molecule has 1 aliphatic rings. The Kier molecular flexibility index (Phi) is 9.37. The Labute approximate surface area is 210 Å². The minimum atomic E-state index is -0.340. The van der Waals surface area contributed by atoms with Crippen molar-refractivity contribution < 1.29 is 23.9 Å². The second-order valence-electron chi connectivity index (χ2n) is 8.69. The van der Waals surface area contributed by atoms with Crippen LogP contribution in [-0.2, 0) is 16.0 Å². The molecule has 1 heterocycles. The average molecular weight is 502 g/mol. The maximum atomic E-state index is 13.2. The Morgan fingerprint density at radius 2 is 2.00 bits per heavy atom. The van der Waals surface area contributed by atoms with Crippen molar-refractivity contribution in [1.82, 2.24) is 15.5 Å². The molecule has 0 spiro atoms. The first-order valence-corrected chi connectivity index (χ1v) is 12.1. The first-order valence-electron chi connectivity index (χ1n) is 11.7. The van der Waals surface area contributed by atoms with Gasteiger partial charge in [0.1, 0.15) is 18.1 Å². The molecule has 1 atom stereocenters. The zero-order valence-corrected chi connectivity index (χ0v) is 21.1. The van der Waals surface area contributed by atoms with Crippen LogP contribution in [0.3, 0.4) is 0 Å². The van der Waals surface area contributed by atoms with Gasteiger partial charge < -0.3 is 25.0 Å². The van der Waals surface area contributed by atoms with E-state index >= 15 is 0 Å². The lowest BCUT2D eigenvalue weighted by Gasteiger charge is -2.24. The van der Waals surface area contributed by atoms with E-state index in [4.69, 9.17) is 21.1 Å². The summed E-state index contributed by atoms with van der Waals surface area (Å²) >= 11 is 6.08. The highest BCUT2D eigenvalue weighted by molar-refractivity contribution is 6.31. The van der Waals surface area contributed by atoms with Crippen LogP contribution in [0.25, 0.3) is 0 Å². The van der Waals surface area contributed by atoms with Crippen LogP contribution in [0.1, 0.15) is 41.3 Å². The van der Waals surface area contributed by atoms with Crippen molar-refractivity contribution in [3.8, 4) is 11.5 Å². The second-order valence-corrected chi connectivity index (χ2v) is 9.13. The second kappa shape index (κ2) is 12.4. The van der Waals surface area contributed by atoms with E-state index in [0.717, 1.165) is 11.1 Å². The molecule has 3 amide bonds. The molecule has 0 saturated heterocycles. The first-order chi connectivity index (χ1) is 16.8. The summed E-state index contributed by atoms with van der Waals surface area (Å²) in [6.45, 7) is 4.66. The number of hydrogen-bond acceptors (Lipinski definition) is 5. The summed E-state index contributed by atoms with van der Waals surface area (Å²) in [5.74, 6) is 0.314. The fourth-order valence-electron chi connectivity index (χ4n) is 3.89. The molecule has 0 saturated carbocycles. The predicted molar refractivity (Wildman–Crippen MR) is 134 cm³/mol. The summed E-state index contributed by atoms with van der Waals surface area (Å²) in [4.78, 5) is 40.2. The molecule has 2 N–H and O–H groups in total. The largest absolute Gasteiger partial charge is 0.496 e. The van der Waals surface area contributed by atoms with Crippen molar-refractivity contribution >= 4 is 29.3 Å². The molecular formula is C26H32ClN3O5. The maximum Gasteiger partial charge on any atom is 0.255 e. The van der Waals surface area contributed by atoms with Crippen LogP contribution < -0.4 is 20.1 Å². The minimum absolute atomic E-state index is 0.0597. The molecule has 0 fully saturated rings. The number of fused-ring (bicyclic) bond motifs is 1. The van der Waals surface area contributed by atoms with Gasteiger partial charge in [-0.3, -0.25) is 14.4 Å². The monoisotopic (exact) mass is 501 g/mol. The quantitative estimate of drug-likeness (QED) is 0.673. The van der Waals surface area contributed by atoms with Gasteiger partial charge in [-0.15, -0.1) is 0 Å². The van der Waals surface area contributed by atoms with E-state index in [1.54, 1.807) is 37.1 Å². The van der Waals surface area contributed by atoms with Gasteiger partial charge in [-0.25, -0.2) is 0 Å². The van der Waals surface area contributed by atoms with Crippen LogP contribution in [0.15, 0.2) is 36.4 Å². The molecule has 35 heavy (non-hydrogen) atoms. The topological polar surface area (TPSA) is 97.0 Å². The first kappa shape index (κ1) is 26.3. The van der Waals surface area contributed by atoms with Crippen molar-refractivity contribution in [2.24, 2.45) is 0 Å². The molecule has 0 unspecified atom stereocenters. The summed E-state index contributed by atoms with van der Waals surface area (Å²) in [5, 5.41) is 6.19. The molecular weight excluding hydrogens is 470 g/mol. The number of benzene rings is 2. The lowest BCUT2D eigenvalue weighted by atomic mass is 10.1. The van der Waals surface area contributed by atoms with E-state index in [1.165, 1.54) is 0 Å². The minimum Gasteiger partial charge on any atom is -0.496 e. The number of nitrogens with one attached hydrogen (secondary N) is 2. The number of carbonyl (C=O) groups excluding carboxylic acids is 3. The molecule has 0 aromatic heterocycles. The fourth-order valence-corrected chi connectivity index (χ4v) is 4.06. The molecule has 8 nitrogen and oxygen atoms in total. The van der Waals surface area contributed by atoms with Crippen LogP contribution in [0.5, 0.6) is 11.5 Å². The molecule has 2 aromatic rings. The summed E-state index contributed by atoms with van der Waals surface area (Å²) in [5.41, 5.74) is 2.14. The number of hydrogen-bond donors (Lipinski definition) is 2. The molecule has 1 aliphatic heterocycles. The molecule has 2 aromatic carbocycles. The van der Waals surface area contributed by atoms with Gasteiger partial charge in [0, 0.05) is 23.7 Å². The van der Waals surface area contributed by atoms with Gasteiger partial charge >= 0.3 is 0 Å². The predicted octanol–water partition coefficient (Wildman–Crippen LogP) is 3.14. The molecule has 188 valence electrons. The smallest absolute Gasteiger partial charge is 0.255 e. The number of nitrogens with zero attached hydrogens (tertiary/aromatic N) is 1. The Morgan fingerprint density at radius 3 is 2.77 bits per heavy atom. The fraction of sp³-hybridized carbons (Fsp3) is 0.423. The van der Waals surface area contributed by atoms with E-state index < -0.39 is 0 Å². The van der Waals surface area contributed by atoms with Crippen LogP contribution >= 0.6 is 11.6 Å². The van der Waals surface area contributed by atoms with Crippen molar-refractivity contribution in [3.05, 3.63) is 58.1 Å². The molecule has 0 radical (unpaired) electrons. The van der Waals surface area contributed by atoms with Gasteiger partial charge in [-0.1, -0.05) is 29.3 Å². The Balaban J connectivity index is 1.73. The third-order valence-corrected chi connectivity index (χ3v) is 5.92. The lowest BCUT2D eigenvalue weighted by molar-refractivity contribution is -0.135. The van der Waals surface area contributed by atoms with E-state index in [-0.39, 0.29) is 43.3 Å². The van der Waals surface area contributed by atoms with E-state index in [1.807, 2.05) is 25.1 Å². The molecule has 9 heteroatoms. The molecule has 0 bridgehead atoms. The normalized spacial score (nSPS) is 17.7. The maximum absolute atomic E-state index is 13.2. The number of rotatable bonds is 3. The van der Waals surface area contributed by atoms with E-state index in [2.05, 4.69) is 10.6 Å². The van der Waals surface area contributed by atoms with Gasteiger partial charge in [0.15, 0.2) is 0 Å². The highest BCUT2D eigenvalue weighted by Gasteiger charge is 2.21. The van der Waals surface area contributed by atoms with Crippen molar-refractivity contribution in [2.75, 3.05) is 33.4 Å². The summed E-state index contributed by atoms with van der Waals surface area (Å²) in [6.07, 6.45) is 1.39. The Bertz CT molecular complexity index is 1070. The third kappa shape index (κ3) is 7.62. The van der Waals surface area contributed by atoms with Crippen molar-refractivity contribution in [3.63, 3.8) is 0 Å². The van der Waals surface area contributed by atoms with E-state index in [9.17, 15) is 14.4 Å². The molecule has 0 aliphatic carbocycles. The molecule has 3 rings (SSSR count). The zero-order chi connectivity index (χ0) is 25.4. The van der Waals surface area contributed by atoms with Crippen molar-refractivity contribution in [1.29, 1.82) is 0 Å². The standard InChI is InChI=1S/C26H32ClN3O5/c1-17-6-8-22(34-3)19(12-17)13-25(32)30-11-5-4-10-28-26(33)21-14-20(27)7-9-23(21)35-16-18(2)29-24(31)15-30/h6-9,12,14,18H,4-5,10-11,13,15-16H2,1-3H3,(H,28,33)(H,29,31)/t18-/m0/s1.